The van der Waals surface area contributed by atoms with Gasteiger partial charge in [0, 0.05) is 25.4 Å². The van der Waals surface area contributed by atoms with Gasteiger partial charge in [-0.1, -0.05) is 30.3 Å². The second-order valence-corrected chi connectivity index (χ2v) is 6.41. The summed E-state index contributed by atoms with van der Waals surface area (Å²) in [7, 11) is 1.84. The first-order valence-corrected chi connectivity index (χ1v) is 8.40. The molecule has 124 valence electrons. The number of aryl methyl sites for hydroxylation is 1. The van der Waals surface area contributed by atoms with Crippen LogP contribution in [0.1, 0.15) is 27.7 Å². The number of nitrogens with zero attached hydrogens (tertiary/aromatic N) is 3. The lowest BCUT2D eigenvalue weighted by Crippen LogP contribution is -2.28. The normalized spacial score (nSPS) is 12.1. The molecule has 0 aliphatic carbocycles. The van der Waals surface area contributed by atoms with Crippen LogP contribution in [0.25, 0.3) is 10.6 Å². The zero-order chi connectivity index (χ0) is 16.9. The number of carbonyl (C=O) groups is 1. The highest BCUT2D eigenvalue weighted by Gasteiger charge is 2.18. The summed E-state index contributed by atoms with van der Waals surface area (Å²) in [5.41, 5.74) is 1.86. The van der Waals surface area contributed by atoms with Gasteiger partial charge >= 0.3 is 0 Å². The number of carbonyl (C=O) groups excluding carboxylic acids is 1. The minimum atomic E-state index is -0.229. The van der Waals surface area contributed by atoms with Crippen LogP contribution in [0.5, 0.6) is 0 Å². The Morgan fingerprint density at radius 1 is 1.33 bits per heavy atom. The van der Waals surface area contributed by atoms with Crippen LogP contribution in [0.15, 0.2) is 48.9 Å². The summed E-state index contributed by atoms with van der Waals surface area (Å²) >= 11 is 1.32. The fraction of sp³-hybridized carbons (Fsp3) is 0.235. The van der Waals surface area contributed by atoms with E-state index in [1.807, 2.05) is 43.6 Å². The molecular formula is C17H18N4O2S. The molecule has 6 nitrogen and oxygen atoms in total. The molecule has 1 atom stereocenters. The van der Waals surface area contributed by atoms with Gasteiger partial charge in [0.05, 0.1) is 18.4 Å². The maximum atomic E-state index is 12.5. The van der Waals surface area contributed by atoms with Crippen LogP contribution in [0.3, 0.4) is 0 Å². The van der Waals surface area contributed by atoms with Gasteiger partial charge in [0.15, 0.2) is 0 Å². The first-order chi connectivity index (χ1) is 11.7. The summed E-state index contributed by atoms with van der Waals surface area (Å²) in [5, 5.41) is 17.1. The fourth-order valence-electron chi connectivity index (χ4n) is 2.41. The predicted molar refractivity (Wildman–Crippen MR) is 92.7 cm³/mol. The molecule has 2 N–H and O–H groups in total. The standard InChI is InChI=1S/C17H18N4O2S/c1-21-11-13(9-19-21)17-18-10-15(24-17)16(23)20-14(7-8-22)12-5-3-2-4-6-12/h2-6,9-11,14,22H,7-8H2,1H3,(H,20,23). The maximum Gasteiger partial charge on any atom is 0.263 e. The smallest absolute Gasteiger partial charge is 0.263 e. The largest absolute Gasteiger partial charge is 0.396 e. The Bertz CT molecular complexity index is 813. The third kappa shape index (κ3) is 3.69. The lowest BCUT2D eigenvalue weighted by Gasteiger charge is -2.17. The fourth-order valence-corrected chi connectivity index (χ4v) is 3.20. The molecular weight excluding hydrogens is 324 g/mol. The Kier molecular flexibility index (Phi) is 5.02. The lowest BCUT2D eigenvalue weighted by molar-refractivity contribution is 0.0934. The summed E-state index contributed by atoms with van der Waals surface area (Å²) in [5.74, 6) is -0.190. The highest BCUT2D eigenvalue weighted by molar-refractivity contribution is 7.16. The number of aliphatic hydroxyl groups excluding tert-OH is 1. The first-order valence-electron chi connectivity index (χ1n) is 7.59. The molecule has 1 aromatic carbocycles. The van der Waals surface area contributed by atoms with E-state index in [-0.39, 0.29) is 18.6 Å². The van der Waals surface area contributed by atoms with Crippen LogP contribution in [0.4, 0.5) is 0 Å². The van der Waals surface area contributed by atoms with Crippen molar-refractivity contribution in [2.24, 2.45) is 7.05 Å². The van der Waals surface area contributed by atoms with Crippen LogP contribution in [-0.4, -0.2) is 32.4 Å². The van der Waals surface area contributed by atoms with Crippen LogP contribution in [-0.2, 0) is 7.05 Å². The van der Waals surface area contributed by atoms with Crippen LogP contribution < -0.4 is 5.32 Å². The Morgan fingerprint density at radius 2 is 2.12 bits per heavy atom. The zero-order valence-corrected chi connectivity index (χ0v) is 14.0. The summed E-state index contributed by atoms with van der Waals surface area (Å²) in [6, 6.07) is 9.40. The molecule has 3 rings (SSSR count). The number of thiazole rings is 1. The monoisotopic (exact) mass is 342 g/mol. The zero-order valence-electron chi connectivity index (χ0n) is 13.2. The maximum absolute atomic E-state index is 12.5. The molecule has 2 aromatic heterocycles. The van der Waals surface area contributed by atoms with Crippen molar-refractivity contribution in [3.63, 3.8) is 0 Å². The van der Waals surface area contributed by atoms with E-state index in [1.54, 1.807) is 17.1 Å². The van der Waals surface area contributed by atoms with Crippen molar-refractivity contribution in [2.75, 3.05) is 6.61 Å². The number of hydrogen-bond donors (Lipinski definition) is 2. The van der Waals surface area contributed by atoms with Crippen molar-refractivity contribution in [3.8, 4) is 10.6 Å². The van der Waals surface area contributed by atoms with E-state index in [9.17, 15) is 9.90 Å². The Labute approximate surface area is 143 Å². The molecule has 1 amide bonds. The first kappa shape index (κ1) is 16.4. The van der Waals surface area contributed by atoms with Gasteiger partial charge < -0.3 is 10.4 Å². The molecule has 3 aromatic rings. The molecule has 7 heteroatoms. The Hall–Kier alpha value is -2.51. The number of hydrogen-bond acceptors (Lipinski definition) is 5. The van der Waals surface area contributed by atoms with Gasteiger partial charge in [-0.15, -0.1) is 11.3 Å². The third-order valence-electron chi connectivity index (χ3n) is 3.61. The second-order valence-electron chi connectivity index (χ2n) is 5.38. The van der Waals surface area contributed by atoms with E-state index >= 15 is 0 Å². The van der Waals surface area contributed by atoms with Gasteiger partial charge in [-0.05, 0) is 12.0 Å². The third-order valence-corrected chi connectivity index (χ3v) is 4.65. The highest BCUT2D eigenvalue weighted by Crippen LogP contribution is 2.25. The highest BCUT2D eigenvalue weighted by atomic mass is 32.1. The topological polar surface area (TPSA) is 80.0 Å². The Balaban J connectivity index is 1.75. The van der Waals surface area contributed by atoms with Crippen LogP contribution in [0.2, 0.25) is 0 Å². The summed E-state index contributed by atoms with van der Waals surface area (Å²) in [6.07, 6.45) is 5.62. The van der Waals surface area contributed by atoms with Gasteiger partial charge in [0.25, 0.3) is 5.91 Å². The van der Waals surface area contributed by atoms with Crippen molar-refractivity contribution >= 4 is 17.2 Å². The number of benzene rings is 1. The van der Waals surface area contributed by atoms with Gasteiger partial charge in [-0.2, -0.15) is 5.10 Å². The van der Waals surface area contributed by atoms with Gasteiger partial charge in [0.2, 0.25) is 0 Å². The van der Waals surface area contributed by atoms with E-state index < -0.39 is 0 Å². The van der Waals surface area contributed by atoms with E-state index in [2.05, 4.69) is 15.4 Å². The molecule has 0 saturated heterocycles. The Morgan fingerprint density at radius 3 is 2.79 bits per heavy atom. The molecule has 0 bridgehead atoms. The molecule has 0 saturated carbocycles. The number of amides is 1. The SMILES string of the molecule is Cn1cc(-c2ncc(C(=O)NC(CCO)c3ccccc3)s2)cn1. The quantitative estimate of drug-likeness (QED) is 0.721. The average molecular weight is 342 g/mol. The minimum absolute atomic E-state index is 0.00344. The number of aromatic nitrogens is 3. The van der Waals surface area contributed by atoms with Crippen molar-refractivity contribution < 1.29 is 9.90 Å². The molecule has 0 aliphatic heterocycles. The van der Waals surface area contributed by atoms with Crippen molar-refractivity contribution in [3.05, 3.63) is 59.4 Å². The van der Waals surface area contributed by atoms with E-state index in [1.165, 1.54) is 11.3 Å². The summed E-state index contributed by atoms with van der Waals surface area (Å²) in [4.78, 5) is 17.3. The molecule has 0 fully saturated rings. The molecule has 0 aliphatic rings. The second kappa shape index (κ2) is 7.37. The van der Waals surface area contributed by atoms with Crippen molar-refractivity contribution in [2.45, 2.75) is 12.5 Å². The molecule has 1 unspecified atom stereocenters. The van der Waals surface area contributed by atoms with E-state index in [4.69, 9.17) is 0 Å². The van der Waals surface area contributed by atoms with E-state index in [0.717, 1.165) is 16.1 Å². The average Bonchev–Trinajstić information content (AvgIpc) is 3.24. The predicted octanol–water partition coefficient (Wildman–Crippen LogP) is 2.40. The lowest BCUT2D eigenvalue weighted by atomic mass is 10.0. The van der Waals surface area contributed by atoms with Crippen molar-refractivity contribution in [1.82, 2.24) is 20.1 Å². The minimum Gasteiger partial charge on any atom is -0.396 e. The molecule has 2 heterocycles. The molecule has 0 radical (unpaired) electrons. The summed E-state index contributed by atoms with van der Waals surface area (Å²) < 4.78 is 1.70. The molecule has 24 heavy (non-hydrogen) atoms. The van der Waals surface area contributed by atoms with E-state index in [0.29, 0.717) is 11.3 Å². The van der Waals surface area contributed by atoms with Gasteiger partial charge in [0.1, 0.15) is 9.88 Å². The summed E-state index contributed by atoms with van der Waals surface area (Å²) in [6.45, 7) is 0.00344. The number of rotatable bonds is 6. The van der Waals surface area contributed by atoms with Crippen molar-refractivity contribution in [1.29, 1.82) is 0 Å². The van der Waals surface area contributed by atoms with Crippen LogP contribution in [0, 0.1) is 0 Å². The number of nitrogens with one attached hydrogen (secondary N) is 1. The van der Waals surface area contributed by atoms with Gasteiger partial charge in [-0.3, -0.25) is 9.48 Å². The number of aliphatic hydroxyl groups is 1. The molecule has 0 spiro atoms. The van der Waals surface area contributed by atoms with Crippen LogP contribution >= 0.6 is 11.3 Å². The van der Waals surface area contributed by atoms with Gasteiger partial charge in [-0.25, -0.2) is 4.98 Å².